The Kier molecular flexibility index (Phi) is 9.49. The minimum atomic E-state index is -4.13. The molecule has 1 aliphatic heterocycles. The third-order valence-corrected chi connectivity index (χ3v) is 8.29. The Morgan fingerprint density at radius 1 is 1.18 bits per heavy atom. The largest absolute Gasteiger partial charge is 0.370 e. The molecule has 39 heavy (non-hydrogen) atoms. The SMILES string of the molecule is CN(C(=O)[C@H](Cc1cccc([N+](=O)[O-])c1)NS(=O)(=O)c1ccc2ccccc2c1)C1CCCN(C(=N)N)C1.Cl. The molecular formula is C26H31ClN6O5S. The number of non-ortho nitro benzene ring substituents is 1. The normalized spacial score (nSPS) is 16.2. The molecular weight excluding hydrogens is 544 g/mol. The number of guanidine groups is 1. The number of nitrogens with zero attached hydrogens (tertiary/aromatic N) is 3. The summed E-state index contributed by atoms with van der Waals surface area (Å²) >= 11 is 0. The second-order valence-corrected chi connectivity index (χ2v) is 11.1. The second kappa shape index (κ2) is 12.4. The maximum absolute atomic E-state index is 13.7. The summed E-state index contributed by atoms with van der Waals surface area (Å²) in [6.45, 7) is 0.970. The number of halogens is 1. The van der Waals surface area contributed by atoms with E-state index in [0.29, 0.717) is 25.1 Å². The predicted molar refractivity (Wildman–Crippen MR) is 151 cm³/mol. The van der Waals surface area contributed by atoms with Crippen LogP contribution < -0.4 is 10.5 Å². The van der Waals surface area contributed by atoms with Crippen LogP contribution in [0, 0.1) is 15.5 Å². The highest BCUT2D eigenvalue weighted by atomic mass is 35.5. The first kappa shape index (κ1) is 29.8. The third-order valence-electron chi connectivity index (χ3n) is 6.82. The molecule has 208 valence electrons. The number of nitro benzene ring substituents is 1. The molecule has 0 aliphatic carbocycles. The first-order chi connectivity index (χ1) is 18.0. The van der Waals surface area contributed by atoms with E-state index in [2.05, 4.69) is 4.72 Å². The van der Waals surface area contributed by atoms with E-state index in [4.69, 9.17) is 11.1 Å². The van der Waals surface area contributed by atoms with Crippen LogP contribution in [0.5, 0.6) is 0 Å². The Morgan fingerprint density at radius 3 is 2.59 bits per heavy atom. The smallest absolute Gasteiger partial charge is 0.269 e. The van der Waals surface area contributed by atoms with Crippen molar-refractivity contribution in [2.45, 2.75) is 36.2 Å². The van der Waals surface area contributed by atoms with Crippen LogP contribution >= 0.6 is 12.4 Å². The molecule has 1 heterocycles. The number of carbonyl (C=O) groups excluding carboxylic acids is 1. The second-order valence-electron chi connectivity index (χ2n) is 9.39. The van der Waals surface area contributed by atoms with E-state index in [0.717, 1.165) is 17.2 Å². The number of nitro groups is 1. The van der Waals surface area contributed by atoms with Crippen LogP contribution in [0.2, 0.25) is 0 Å². The zero-order chi connectivity index (χ0) is 27.4. The monoisotopic (exact) mass is 574 g/mol. The van der Waals surface area contributed by atoms with Crippen LogP contribution in [0.1, 0.15) is 18.4 Å². The van der Waals surface area contributed by atoms with E-state index in [1.54, 1.807) is 36.2 Å². The van der Waals surface area contributed by atoms with Gasteiger partial charge in [0, 0.05) is 38.3 Å². The molecule has 0 bridgehead atoms. The Morgan fingerprint density at radius 2 is 1.90 bits per heavy atom. The molecule has 0 aromatic heterocycles. The van der Waals surface area contributed by atoms with Crippen molar-refractivity contribution in [3.63, 3.8) is 0 Å². The van der Waals surface area contributed by atoms with Crippen molar-refractivity contribution in [1.29, 1.82) is 5.41 Å². The maximum Gasteiger partial charge on any atom is 0.269 e. The Hall–Kier alpha value is -3.74. The van der Waals surface area contributed by atoms with Gasteiger partial charge in [0.05, 0.1) is 9.82 Å². The molecule has 1 saturated heterocycles. The minimum Gasteiger partial charge on any atom is -0.370 e. The predicted octanol–water partition coefficient (Wildman–Crippen LogP) is 2.88. The van der Waals surface area contributed by atoms with Crippen molar-refractivity contribution in [3.8, 4) is 0 Å². The van der Waals surface area contributed by atoms with Gasteiger partial charge in [0.25, 0.3) is 5.69 Å². The zero-order valence-electron chi connectivity index (χ0n) is 21.3. The standard InChI is InChI=1S/C26H30N6O5S.ClH/c1-30(22-10-5-13-31(17-22)26(27)28)25(33)24(15-18-6-4-9-21(14-18)32(34)35)29-38(36,37)23-12-11-19-7-2-3-8-20(19)16-23;/h2-4,6-9,11-12,14,16,22,24,29H,5,10,13,15,17H2,1H3,(H3,27,28);1H/t22?,24-;/m0./s1. The number of likely N-dealkylation sites (tertiary alicyclic amines) is 1. The number of nitrogens with one attached hydrogen (secondary N) is 2. The fourth-order valence-corrected chi connectivity index (χ4v) is 5.94. The van der Waals surface area contributed by atoms with Crippen LogP contribution in [0.15, 0.2) is 71.6 Å². The van der Waals surface area contributed by atoms with Gasteiger partial charge in [-0.1, -0.05) is 42.5 Å². The number of rotatable bonds is 8. The van der Waals surface area contributed by atoms with Crippen molar-refractivity contribution < 1.29 is 18.1 Å². The summed E-state index contributed by atoms with van der Waals surface area (Å²) in [5, 5.41) is 20.6. The fraction of sp³-hybridized carbons (Fsp3) is 0.308. The topological polar surface area (TPSA) is 163 Å². The molecule has 1 unspecified atom stereocenters. The molecule has 1 aliphatic rings. The van der Waals surface area contributed by atoms with Gasteiger partial charge in [0.2, 0.25) is 15.9 Å². The highest BCUT2D eigenvalue weighted by Gasteiger charge is 2.33. The molecule has 3 aromatic rings. The van der Waals surface area contributed by atoms with E-state index < -0.39 is 26.9 Å². The van der Waals surface area contributed by atoms with E-state index in [9.17, 15) is 23.3 Å². The van der Waals surface area contributed by atoms with Gasteiger partial charge in [-0.2, -0.15) is 4.72 Å². The maximum atomic E-state index is 13.7. The summed E-state index contributed by atoms with van der Waals surface area (Å²) in [6, 6.07) is 16.4. The van der Waals surface area contributed by atoms with Crippen molar-refractivity contribution in [3.05, 3.63) is 82.4 Å². The Bertz CT molecular complexity index is 1480. The van der Waals surface area contributed by atoms with Crippen LogP contribution in [-0.4, -0.2) is 67.2 Å². The molecule has 0 radical (unpaired) electrons. The van der Waals surface area contributed by atoms with Gasteiger partial charge in [0.15, 0.2) is 5.96 Å². The first-order valence-corrected chi connectivity index (χ1v) is 13.6. The van der Waals surface area contributed by atoms with Crippen LogP contribution in [-0.2, 0) is 21.2 Å². The summed E-state index contributed by atoms with van der Waals surface area (Å²) in [4.78, 5) is 27.6. The molecule has 2 atom stereocenters. The average molecular weight is 575 g/mol. The Balaban J connectivity index is 0.00000420. The summed E-state index contributed by atoms with van der Waals surface area (Å²) in [5.74, 6) is -0.558. The van der Waals surface area contributed by atoms with E-state index in [-0.39, 0.29) is 41.4 Å². The number of hydrogen-bond donors (Lipinski definition) is 3. The van der Waals surface area contributed by atoms with E-state index in [1.807, 2.05) is 18.2 Å². The Labute approximate surface area is 233 Å². The summed E-state index contributed by atoms with van der Waals surface area (Å²) in [6.07, 6.45) is 1.31. The lowest BCUT2D eigenvalue weighted by atomic mass is 10.0. The number of sulfonamides is 1. The van der Waals surface area contributed by atoms with E-state index >= 15 is 0 Å². The van der Waals surface area contributed by atoms with Crippen molar-refractivity contribution in [2.75, 3.05) is 20.1 Å². The number of amides is 1. The fourth-order valence-electron chi connectivity index (χ4n) is 4.72. The number of nitrogens with two attached hydrogens (primary N) is 1. The number of carbonyl (C=O) groups is 1. The molecule has 13 heteroatoms. The first-order valence-electron chi connectivity index (χ1n) is 12.2. The number of fused-ring (bicyclic) bond motifs is 1. The molecule has 4 rings (SSSR count). The van der Waals surface area contributed by atoms with Gasteiger partial charge in [0.1, 0.15) is 6.04 Å². The van der Waals surface area contributed by atoms with Gasteiger partial charge >= 0.3 is 0 Å². The van der Waals surface area contributed by atoms with Crippen molar-refractivity contribution in [2.24, 2.45) is 5.73 Å². The molecule has 0 saturated carbocycles. The molecule has 1 amide bonds. The molecule has 11 nitrogen and oxygen atoms in total. The summed E-state index contributed by atoms with van der Waals surface area (Å²) in [7, 11) is -2.53. The lowest BCUT2D eigenvalue weighted by Gasteiger charge is -2.39. The third kappa shape index (κ3) is 7.02. The number of piperidine rings is 1. The quantitative estimate of drug-likeness (QED) is 0.161. The highest BCUT2D eigenvalue weighted by molar-refractivity contribution is 7.89. The number of benzene rings is 3. The summed E-state index contributed by atoms with van der Waals surface area (Å²) < 4.78 is 29.5. The minimum absolute atomic E-state index is 0. The lowest BCUT2D eigenvalue weighted by molar-refractivity contribution is -0.384. The lowest BCUT2D eigenvalue weighted by Crippen LogP contribution is -2.56. The number of hydrogen-bond acceptors (Lipinski definition) is 6. The molecule has 0 spiro atoms. The highest BCUT2D eigenvalue weighted by Crippen LogP contribution is 2.22. The van der Waals surface area contributed by atoms with E-state index in [1.165, 1.54) is 29.2 Å². The van der Waals surface area contributed by atoms with Crippen LogP contribution in [0.25, 0.3) is 10.8 Å². The van der Waals surface area contributed by atoms with Gasteiger partial charge < -0.3 is 15.5 Å². The van der Waals surface area contributed by atoms with Crippen molar-refractivity contribution in [1.82, 2.24) is 14.5 Å². The van der Waals surface area contributed by atoms with Crippen molar-refractivity contribution >= 4 is 50.8 Å². The van der Waals surface area contributed by atoms with Crippen LogP contribution in [0.4, 0.5) is 5.69 Å². The zero-order valence-corrected chi connectivity index (χ0v) is 23.0. The number of likely N-dealkylation sites (N-methyl/N-ethyl adjacent to an activating group) is 1. The summed E-state index contributed by atoms with van der Waals surface area (Å²) in [5.41, 5.74) is 5.95. The van der Waals surface area contributed by atoms with Gasteiger partial charge in [-0.15, -0.1) is 12.4 Å². The van der Waals surface area contributed by atoms with Gasteiger partial charge in [-0.3, -0.25) is 20.3 Å². The average Bonchev–Trinajstić information content (AvgIpc) is 2.91. The molecule has 1 fully saturated rings. The van der Waals surface area contributed by atoms with Crippen LogP contribution in [0.3, 0.4) is 0 Å². The van der Waals surface area contributed by atoms with Gasteiger partial charge in [-0.05, 0) is 47.7 Å². The van der Waals surface area contributed by atoms with Gasteiger partial charge in [-0.25, -0.2) is 8.42 Å². The molecule has 3 aromatic carbocycles. The molecule has 4 N–H and O–H groups in total.